The first-order valence-electron chi connectivity index (χ1n) is 11.4. The zero-order chi connectivity index (χ0) is 22.6. The number of aromatic hydroxyl groups is 1. The zero-order valence-electron chi connectivity index (χ0n) is 18.0. The minimum absolute atomic E-state index is 0.00416. The van der Waals surface area contributed by atoms with Crippen LogP contribution in [-0.4, -0.2) is 60.7 Å². The lowest BCUT2D eigenvalue weighted by Crippen LogP contribution is -2.59. The number of benzene rings is 1. The fourth-order valence-electron chi connectivity index (χ4n) is 5.66. The quantitative estimate of drug-likeness (QED) is 0.627. The fraction of sp³-hybridized carbons (Fsp3) is 0.478. The third-order valence-corrected chi connectivity index (χ3v) is 7.26. The number of nitrogens with one attached hydrogen (secondary N) is 1. The number of phenols is 1. The topological polar surface area (TPSA) is 92.0 Å². The normalized spacial score (nSPS) is 26.6. The number of piperidine rings is 1. The predicted octanol–water partition coefficient (Wildman–Crippen LogP) is 3.10. The van der Waals surface area contributed by atoms with Gasteiger partial charge in [-0.1, -0.05) is 0 Å². The van der Waals surface area contributed by atoms with E-state index < -0.39 is 12.0 Å². The van der Waals surface area contributed by atoms with E-state index in [1.165, 1.54) is 0 Å². The lowest BCUT2D eigenvalue weighted by atomic mass is 9.86. The highest BCUT2D eigenvalue weighted by molar-refractivity contribution is 5.66. The van der Waals surface area contributed by atoms with Crippen LogP contribution in [0.4, 0.5) is 14.6 Å². The maximum atomic E-state index is 13.9. The van der Waals surface area contributed by atoms with Crippen LogP contribution < -0.4 is 10.2 Å². The Morgan fingerprint density at radius 1 is 1.24 bits per heavy atom. The van der Waals surface area contributed by atoms with Crippen LogP contribution in [0.1, 0.15) is 37.8 Å². The summed E-state index contributed by atoms with van der Waals surface area (Å²) in [7, 11) is 0. The van der Waals surface area contributed by atoms with Crippen LogP contribution in [0.15, 0.2) is 36.7 Å². The molecular weight excluding hydrogens is 428 g/mol. The second kappa shape index (κ2) is 7.72. The molecule has 0 aliphatic carbocycles. The summed E-state index contributed by atoms with van der Waals surface area (Å²) in [5.74, 6) is 1.09. The first-order chi connectivity index (χ1) is 16.0. The molecule has 3 aromatic rings. The smallest absolute Gasteiger partial charge is 0.256 e. The monoisotopic (exact) mass is 453 g/mol. The number of halogens is 2. The molecule has 1 aromatic carbocycles. The molecule has 0 saturated carbocycles. The number of hydrogen-bond donors (Lipinski definition) is 2. The summed E-state index contributed by atoms with van der Waals surface area (Å²) in [6.07, 6.45) is 5.25. The molecule has 0 spiro atoms. The molecule has 0 radical (unpaired) electrons. The van der Waals surface area contributed by atoms with Gasteiger partial charge in [-0.25, -0.2) is 18.4 Å². The van der Waals surface area contributed by atoms with Gasteiger partial charge in [0.1, 0.15) is 5.75 Å². The number of aromatic nitrogens is 5. The van der Waals surface area contributed by atoms with E-state index in [0.29, 0.717) is 30.0 Å². The number of rotatable bonds is 4. The van der Waals surface area contributed by atoms with E-state index in [1.807, 2.05) is 12.1 Å². The van der Waals surface area contributed by atoms with E-state index in [4.69, 9.17) is 4.98 Å². The minimum Gasteiger partial charge on any atom is -0.507 e. The highest BCUT2D eigenvalue weighted by atomic mass is 19.3. The van der Waals surface area contributed by atoms with Crippen molar-refractivity contribution >= 4 is 5.82 Å². The maximum Gasteiger partial charge on any atom is 0.256 e. The van der Waals surface area contributed by atoms with E-state index in [9.17, 15) is 13.9 Å². The Morgan fingerprint density at radius 2 is 2.15 bits per heavy atom. The van der Waals surface area contributed by atoms with Gasteiger partial charge in [0.05, 0.1) is 22.5 Å². The third kappa shape index (κ3) is 3.43. The van der Waals surface area contributed by atoms with Gasteiger partial charge in [-0.15, -0.1) is 10.2 Å². The van der Waals surface area contributed by atoms with Crippen molar-refractivity contribution in [3.05, 3.63) is 42.4 Å². The van der Waals surface area contributed by atoms with E-state index >= 15 is 0 Å². The fourth-order valence-corrected chi connectivity index (χ4v) is 5.66. The molecule has 2 aromatic heterocycles. The van der Waals surface area contributed by atoms with Crippen molar-refractivity contribution in [1.82, 2.24) is 30.3 Å². The number of aryl methyl sites for hydroxylation is 1. The molecule has 5 heterocycles. The molecule has 2 saturated heterocycles. The Hall–Kier alpha value is -3.14. The largest absolute Gasteiger partial charge is 0.507 e. The Kier molecular flexibility index (Phi) is 4.79. The van der Waals surface area contributed by atoms with Crippen LogP contribution in [0.3, 0.4) is 0 Å². The summed E-state index contributed by atoms with van der Waals surface area (Å²) in [4.78, 5) is 6.86. The van der Waals surface area contributed by atoms with Gasteiger partial charge in [-0.2, -0.15) is 5.10 Å². The zero-order valence-corrected chi connectivity index (χ0v) is 18.0. The average Bonchev–Trinajstić information content (AvgIpc) is 3.47. The Bertz CT molecular complexity index is 1170. The lowest BCUT2D eigenvalue weighted by molar-refractivity contribution is 0.0183. The molecule has 6 rings (SSSR count). The van der Waals surface area contributed by atoms with Gasteiger partial charge >= 0.3 is 0 Å². The first kappa shape index (κ1) is 20.5. The second-order valence-corrected chi connectivity index (χ2v) is 9.29. The van der Waals surface area contributed by atoms with Crippen molar-refractivity contribution in [2.45, 2.75) is 62.6 Å². The van der Waals surface area contributed by atoms with Crippen LogP contribution in [-0.2, 0) is 6.42 Å². The van der Waals surface area contributed by atoms with Crippen molar-refractivity contribution in [3.63, 3.8) is 0 Å². The van der Waals surface area contributed by atoms with Crippen molar-refractivity contribution in [1.29, 1.82) is 0 Å². The highest BCUT2D eigenvalue weighted by Crippen LogP contribution is 2.43. The van der Waals surface area contributed by atoms with E-state index in [-0.39, 0.29) is 17.8 Å². The number of hydrogen-bond acceptors (Lipinski definition) is 7. The second-order valence-electron chi connectivity index (χ2n) is 9.29. The lowest BCUT2D eigenvalue weighted by Gasteiger charge is -2.44. The summed E-state index contributed by atoms with van der Waals surface area (Å²) in [6, 6.07) is 7.14. The average molecular weight is 453 g/mol. The molecule has 3 aliphatic heterocycles. The van der Waals surface area contributed by atoms with Crippen LogP contribution in [0, 0.1) is 0 Å². The molecule has 0 unspecified atom stereocenters. The number of anilines is 1. The SMILES string of the molecule is Oc1cc(-n2cccn2)ccc1-c1nnc2c(n1)CCCN2[C@H]1C[C@@H]2CC[C@](C(F)F)(C1)N2. The van der Waals surface area contributed by atoms with Crippen molar-refractivity contribution < 1.29 is 13.9 Å². The van der Waals surface area contributed by atoms with Crippen molar-refractivity contribution in [3.8, 4) is 22.8 Å². The van der Waals surface area contributed by atoms with Crippen molar-refractivity contribution in [2.24, 2.45) is 0 Å². The van der Waals surface area contributed by atoms with Crippen LogP contribution in [0.5, 0.6) is 5.75 Å². The molecule has 2 fully saturated rings. The Morgan fingerprint density at radius 3 is 2.94 bits per heavy atom. The van der Waals surface area contributed by atoms with Crippen molar-refractivity contribution in [2.75, 3.05) is 11.4 Å². The minimum atomic E-state index is -2.38. The predicted molar refractivity (Wildman–Crippen MR) is 118 cm³/mol. The highest BCUT2D eigenvalue weighted by Gasteiger charge is 2.52. The molecule has 2 N–H and O–H groups in total. The molecule has 2 bridgehead atoms. The Balaban J connectivity index is 1.29. The third-order valence-electron chi connectivity index (χ3n) is 7.26. The summed E-state index contributed by atoms with van der Waals surface area (Å²) >= 11 is 0. The van der Waals surface area contributed by atoms with Gasteiger partial charge in [0.2, 0.25) is 0 Å². The number of nitrogens with zero attached hydrogens (tertiary/aromatic N) is 6. The van der Waals surface area contributed by atoms with Gasteiger partial charge in [-0.3, -0.25) is 0 Å². The van der Waals surface area contributed by atoms with Crippen LogP contribution in [0.2, 0.25) is 0 Å². The maximum absolute atomic E-state index is 13.9. The summed E-state index contributed by atoms with van der Waals surface area (Å²) in [6.45, 7) is 0.767. The first-order valence-corrected chi connectivity index (χ1v) is 11.4. The molecule has 8 nitrogen and oxygen atoms in total. The van der Waals surface area contributed by atoms with Crippen LogP contribution >= 0.6 is 0 Å². The summed E-state index contributed by atoms with van der Waals surface area (Å²) < 4.78 is 29.4. The number of phenolic OH excluding ortho intramolecular Hbond substituents is 1. The summed E-state index contributed by atoms with van der Waals surface area (Å²) in [5, 5.41) is 26.8. The van der Waals surface area contributed by atoms with Gasteiger partial charge in [0.15, 0.2) is 11.6 Å². The standard InChI is InChI=1S/C23H25F2N7O/c24-22(25)23-7-6-14(28-23)11-16(13-23)31-9-1-3-18-21(31)30-29-20(27-18)17-5-4-15(12-19(17)33)32-10-2-8-26-32/h2,4-5,8,10,12,14,16,22,28,33H,1,3,6-7,9,11,13H2/t14-,16-,23+/m0/s1. The van der Waals surface area contributed by atoms with Gasteiger partial charge in [0, 0.05) is 37.1 Å². The number of alkyl halides is 2. The Labute approximate surface area is 189 Å². The molecule has 3 atom stereocenters. The van der Waals surface area contributed by atoms with Gasteiger partial charge in [0.25, 0.3) is 6.43 Å². The molecular formula is C23H25F2N7O. The van der Waals surface area contributed by atoms with E-state index in [1.54, 1.807) is 29.2 Å². The molecule has 0 amide bonds. The van der Waals surface area contributed by atoms with Gasteiger partial charge < -0.3 is 15.3 Å². The van der Waals surface area contributed by atoms with Crippen LogP contribution in [0.25, 0.3) is 17.1 Å². The van der Waals surface area contributed by atoms with E-state index in [2.05, 4.69) is 25.5 Å². The van der Waals surface area contributed by atoms with Gasteiger partial charge in [-0.05, 0) is 56.7 Å². The molecule has 10 heteroatoms. The molecule has 172 valence electrons. The summed E-state index contributed by atoms with van der Waals surface area (Å²) in [5.41, 5.74) is 0.939. The molecule has 3 aliphatic rings. The number of fused-ring (bicyclic) bond motifs is 3. The molecule has 33 heavy (non-hydrogen) atoms. The van der Waals surface area contributed by atoms with E-state index in [0.717, 1.165) is 43.6 Å².